The lowest BCUT2D eigenvalue weighted by molar-refractivity contribution is -0.122. The van der Waals surface area contributed by atoms with Gasteiger partial charge in [-0.25, -0.2) is 0 Å². The van der Waals surface area contributed by atoms with Gasteiger partial charge >= 0.3 is 0 Å². The van der Waals surface area contributed by atoms with Crippen LogP contribution in [0.3, 0.4) is 0 Å². The summed E-state index contributed by atoms with van der Waals surface area (Å²) in [6.07, 6.45) is 1.46. The van der Waals surface area contributed by atoms with E-state index >= 15 is 0 Å². The molecule has 1 unspecified atom stereocenters. The first-order valence-corrected chi connectivity index (χ1v) is 5.73. The van der Waals surface area contributed by atoms with Crippen molar-refractivity contribution in [1.82, 2.24) is 10.6 Å². The van der Waals surface area contributed by atoms with Crippen molar-refractivity contribution >= 4 is 11.8 Å². The number of carbonyl (C=O) groups is 2. The molecule has 0 aliphatic rings. The molecule has 0 aromatic heterocycles. The van der Waals surface area contributed by atoms with Crippen LogP contribution >= 0.6 is 0 Å². The molecule has 4 N–H and O–H groups in total. The van der Waals surface area contributed by atoms with Gasteiger partial charge in [0.1, 0.15) is 0 Å². The van der Waals surface area contributed by atoms with Crippen molar-refractivity contribution < 1.29 is 9.59 Å². The highest BCUT2D eigenvalue weighted by Crippen LogP contribution is 1.93. The maximum absolute atomic E-state index is 11.4. The Kier molecular flexibility index (Phi) is 7.54. The summed E-state index contributed by atoms with van der Waals surface area (Å²) in [6, 6.07) is 0.264. The average Bonchev–Trinajstić information content (AvgIpc) is 2.10. The van der Waals surface area contributed by atoms with Gasteiger partial charge in [0.15, 0.2) is 0 Å². The molecule has 0 rings (SSSR count). The zero-order valence-corrected chi connectivity index (χ0v) is 10.4. The standard InChI is InChI=1S/C11H23N3O2/c1-8(2)13-6-4-5-11(16)14-9(3)7-10(12)15/h8-9,13H,4-7H2,1-3H3,(H2,12,15)(H,14,16). The van der Waals surface area contributed by atoms with Gasteiger partial charge in [0.05, 0.1) is 0 Å². The number of nitrogens with one attached hydrogen (secondary N) is 2. The van der Waals surface area contributed by atoms with Crippen molar-refractivity contribution in [3.05, 3.63) is 0 Å². The van der Waals surface area contributed by atoms with Gasteiger partial charge in [-0.05, 0) is 19.9 Å². The van der Waals surface area contributed by atoms with Gasteiger partial charge in [-0.1, -0.05) is 13.8 Å². The number of primary amides is 1. The topological polar surface area (TPSA) is 84.2 Å². The maximum atomic E-state index is 11.4. The van der Waals surface area contributed by atoms with Crippen LogP contribution in [0.5, 0.6) is 0 Å². The lowest BCUT2D eigenvalue weighted by Crippen LogP contribution is -2.36. The molecule has 5 nitrogen and oxygen atoms in total. The second-order valence-corrected chi connectivity index (χ2v) is 4.35. The van der Waals surface area contributed by atoms with E-state index in [0.29, 0.717) is 12.5 Å². The average molecular weight is 229 g/mol. The van der Waals surface area contributed by atoms with E-state index in [4.69, 9.17) is 5.73 Å². The van der Waals surface area contributed by atoms with Gasteiger partial charge in [0.25, 0.3) is 0 Å². The zero-order valence-electron chi connectivity index (χ0n) is 10.4. The number of carbonyl (C=O) groups excluding carboxylic acids is 2. The summed E-state index contributed by atoms with van der Waals surface area (Å²) < 4.78 is 0. The normalized spacial score (nSPS) is 12.5. The van der Waals surface area contributed by atoms with E-state index in [1.165, 1.54) is 0 Å². The van der Waals surface area contributed by atoms with Crippen LogP contribution < -0.4 is 16.4 Å². The fourth-order valence-electron chi connectivity index (χ4n) is 1.34. The Hall–Kier alpha value is -1.10. The lowest BCUT2D eigenvalue weighted by atomic mass is 10.2. The summed E-state index contributed by atoms with van der Waals surface area (Å²) >= 11 is 0. The second kappa shape index (κ2) is 8.10. The molecule has 0 saturated heterocycles. The third-order valence-corrected chi connectivity index (χ3v) is 2.05. The van der Waals surface area contributed by atoms with Crippen LogP contribution in [0.25, 0.3) is 0 Å². The highest BCUT2D eigenvalue weighted by Gasteiger charge is 2.09. The predicted molar refractivity (Wildman–Crippen MR) is 63.8 cm³/mol. The molecule has 0 saturated carbocycles. The number of nitrogens with two attached hydrogens (primary N) is 1. The van der Waals surface area contributed by atoms with E-state index in [1.54, 1.807) is 6.92 Å². The number of rotatable bonds is 8. The van der Waals surface area contributed by atoms with Gasteiger partial charge in [-0.2, -0.15) is 0 Å². The summed E-state index contributed by atoms with van der Waals surface area (Å²) in [7, 11) is 0. The smallest absolute Gasteiger partial charge is 0.220 e. The van der Waals surface area contributed by atoms with Crippen LogP contribution in [0.2, 0.25) is 0 Å². The molecule has 0 radical (unpaired) electrons. The highest BCUT2D eigenvalue weighted by molar-refractivity contribution is 5.78. The molecule has 0 aliphatic heterocycles. The van der Waals surface area contributed by atoms with E-state index < -0.39 is 5.91 Å². The van der Waals surface area contributed by atoms with Gasteiger partial charge in [-0.3, -0.25) is 9.59 Å². The van der Waals surface area contributed by atoms with E-state index in [-0.39, 0.29) is 18.4 Å². The molecule has 0 aromatic rings. The van der Waals surface area contributed by atoms with Crippen LogP contribution in [0, 0.1) is 0 Å². The Balaban J connectivity index is 3.54. The van der Waals surface area contributed by atoms with Crippen molar-refractivity contribution in [3.63, 3.8) is 0 Å². The molecule has 0 spiro atoms. The SMILES string of the molecule is CC(C)NCCCC(=O)NC(C)CC(N)=O. The Bertz CT molecular complexity index is 229. The van der Waals surface area contributed by atoms with Crippen LogP contribution in [0.4, 0.5) is 0 Å². The number of hydrogen-bond donors (Lipinski definition) is 3. The molecule has 1 atom stereocenters. The molecule has 0 aliphatic carbocycles. The Morgan fingerprint density at radius 1 is 1.25 bits per heavy atom. The van der Waals surface area contributed by atoms with Crippen molar-refractivity contribution in [2.75, 3.05) is 6.54 Å². The van der Waals surface area contributed by atoms with E-state index in [2.05, 4.69) is 24.5 Å². The minimum Gasteiger partial charge on any atom is -0.370 e. The molecule has 2 amide bonds. The summed E-state index contributed by atoms with van der Waals surface area (Å²) in [5.74, 6) is -0.423. The van der Waals surface area contributed by atoms with Gasteiger partial charge in [0.2, 0.25) is 11.8 Å². The Morgan fingerprint density at radius 3 is 2.38 bits per heavy atom. The predicted octanol–water partition coefficient (Wildman–Crippen LogP) is 0.145. The maximum Gasteiger partial charge on any atom is 0.220 e. The first kappa shape index (κ1) is 14.9. The molecule has 94 valence electrons. The fourth-order valence-corrected chi connectivity index (χ4v) is 1.34. The highest BCUT2D eigenvalue weighted by atomic mass is 16.2. The van der Waals surface area contributed by atoms with Crippen molar-refractivity contribution in [2.45, 2.75) is 52.1 Å². The Labute approximate surface area is 97.2 Å². The molecule has 0 aromatic carbocycles. The summed E-state index contributed by atoms with van der Waals surface area (Å²) in [5.41, 5.74) is 5.02. The van der Waals surface area contributed by atoms with Gasteiger partial charge in [0, 0.05) is 24.9 Å². The first-order valence-electron chi connectivity index (χ1n) is 5.73. The Morgan fingerprint density at radius 2 is 1.88 bits per heavy atom. The molecule has 5 heteroatoms. The van der Waals surface area contributed by atoms with Crippen molar-refractivity contribution in [3.8, 4) is 0 Å². The zero-order chi connectivity index (χ0) is 12.6. The summed E-state index contributed by atoms with van der Waals surface area (Å²) in [5, 5.41) is 5.96. The van der Waals surface area contributed by atoms with Crippen LogP contribution in [-0.4, -0.2) is 30.4 Å². The molecule has 0 bridgehead atoms. The quantitative estimate of drug-likeness (QED) is 0.518. The summed E-state index contributed by atoms with van der Waals surface area (Å²) in [4.78, 5) is 22.0. The fraction of sp³-hybridized carbons (Fsp3) is 0.818. The summed E-state index contributed by atoms with van der Waals surface area (Å²) in [6.45, 7) is 6.73. The molecule has 0 heterocycles. The van der Waals surface area contributed by atoms with E-state index in [9.17, 15) is 9.59 Å². The number of amides is 2. The first-order chi connectivity index (χ1) is 7.41. The monoisotopic (exact) mass is 229 g/mol. The minimum absolute atomic E-state index is 0.0284. The molecule has 0 fully saturated rings. The minimum atomic E-state index is -0.394. The van der Waals surface area contributed by atoms with Crippen molar-refractivity contribution in [2.24, 2.45) is 5.73 Å². The van der Waals surface area contributed by atoms with E-state index in [1.807, 2.05) is 0 Å². The third kappa shape index (κ3) is 9.45. The van der Waals surface area contributed by atoms with Gasteiger partial charge in [-0.15, -0.1) is 0 Å². The number of hydrogen-bond acceptors (Lipinski definition) is 3. The second-order valence-electron chi connectivity index (χ2n) is 4.35. The third-order valence-electron chi connectivity index (χ3n) is 2.05. The lowest BCUT2D eigenvalue weighted by Gasteiger charge is -2.12. The van der Waals surface area contributed by atoms with Crippen LogP contribution in [0.15, 0.2) is 0 Å². The van der Waals surface area contributed by atoms with Crippen LogP contribution in [-0.2, 0) is 9.59 Å². The van der Waals surface area contributed by atoms with Crippen LogP contribution in [0.1, 0.15) is 40.0 Å². The molecular weight excluding hydrogens is 206 g/mol. The van der Waals surface area contributed by atoms with Crippen molar-refractivity contribution in [1.29, 1.82) is 0 Å². The largest absolute Gasteiger partial charge is 0.370 e. The molecule has 16 heavy (non-hydrogen) atoms. The van der Waals surface area contributed by atoms with Gasteiger partial charge < -0.3 is 16.4 Å². The molecular formula is C11H23N3O2. The van der Waals surface area contributed by atoms with E-state index in [0.717, 1.165) is 13.0 Å².